The Morgan fingerprint density at radius 2 is 2.07 bits per heavy atom. The number of amides is 1. The van der Waals surface area contributed by atoms with Gasteiger partial charge in [-0.3, -0.25) is 4.79 Å². The fourth-order valence-electron chi connectivity index (χ4n) is 2.74. The molecule has 0 spiro atoms. The molecular weight excluding hydrogens is 188 g/mol. The molecule has 15 heavy (non-hydrogen) atoms. The average molecular weight is 210 g/mol. The highest BCUT2D eigenvalue weighted by Gasteiger charge is 2.31. The first kappa shape index (κ1) is 10.9. The van der Waals surface area contributed by atoms with Crippen molar-refractivity contribution in [2.75, 3.05) is 13.1 Å². The minimum absolute atomic E-state index is 0.0813. The summed E-state index contributed by atoms with van der Waals surface area (Å²) in [5.74, 6) is 0.480. The predicted molar refractivity (Wildman–Crippen MR) is 60.6 cm³/mol. The molecule has 2 rings (SSSR count). The third-order valence-electron chi connectivity index (χ3n) is 3.81. The molecule has 1 unspecified atom stereocenters. The lowest BCUT2D eigenvalue weighted by Gasteiger charge is -2.35. The third kappa shape index (κ3) is 2.71. The Morgan fingerprint density at radius 1 is 1.33 bits per heavy atom. The van der Waals surface area contributed by atoms with Gasteiger partial charge in [0.25, 0.3) is 0 Å². The van der Waals surface area contributed by atoms with Crippen molar-refractivity contribution in [3.63, 3.8) is 0 Å². The van der Waals surface area contributed by atoms with Crippen molar-refractivity contribution >= 4 is 5.91 Å². The van der Waals surface area contributed by atoms with Crippen LogP contribution in [0.1, 0.15) is 45.4 Å². The largest absolute Gasteiger partial charge is 0.351 e. The van der Waals surface area contributed by atoms with Gasteiger partial charge >= 0.3 is 0 Å². The maximum absolute atomic E-state index is 12.0. The molecule has 3 heteroatoms. The number of nitrogens with one attached hydrogen (secondary N) is 2. The van der Waals surface area contributed by atoms with Gasteiger partial charge in [0.05, 0.1) is 5.92 Å². The summed E-state index contributed by atoms with van der Waals surface area (Å²) in [5.41, 5.74) is 0.0813. The maximum Gasteiger partial charge on any atom is 0.224 e. The zero-order valence-electron chi connectivity index (χ0n) is 9.64. The number of hydrogen-bond donors (Lipinski definition) is 2. The molecule has 0 bridgehead atoms. The van der Waals surface area contributed by atoms with E-state index < -0.39 is 0 Å². The predicted octanol–water partition coefficient (Wildman–Crippen LogP) is 1.43. The Labute approximate surface area is 92.0 Å². The third-order valence-corrected chi connectivity index (χ3v) is 3.81. The Hall–Kier alpha value is -0.570. The van der Waals surface area contributed by atoms with Crippen LogP contribution in [0.4, 0.5) is 0 Å². The lowest BCUT2D eigenvalue weighted by atomic mass is 9.83. The van der Waals surface area contributed by atoms with Gasteiger partial charge in [-0.25, -0.2) is 0 Å². The van der Waals surface area contributed by atoms with E-state index in [4.69, 9.17) is 0 Å². The monoisotopic (exact) mass is 210 g/mol. The van der Waals surface area contributed by atoms with Gasteiger partial charge < -0.3 is 10.6 Å². The van der Waals surface area contributed by atoms with Gasteiger partial charge in [-0.1, -0.05) is 19.3 Å². The van der Waals surface area contributed by atoms with E-state index >= 15 is 0 Å². The summed E-state index contributed by atoms with van der Waals surface area (Å²) in [6, 6.07) is 0. The summed E-state index contributed by atoms with van der Waals surface area (Å²) >= 11 is 0. The van der Waals surface area contributed by atoms with Crippen molar-refractivity contribution < 1.29 is 4.79 Å². The minimum Gasteiger partial charge on any atom is -0.351 e. The zero-order valence-corrected chi connectivity index (χ0v) is 9.64. The lowest BCUT2D eigenvalue weighted by molar-refractivity contribution is -0.126. The van der Waals surface area contributed by atoms with E-state index in [1.54, 1.807) is 0 Å². The summed E-state index contributed by atoms with van der Waals surface area (Å²) in [6.45, 7) is 4.06. The van der Waals surface area contributed by atoms with Crippen LogP contribution >= 0.6 is 0 Å². The molecule has 1 heterocycles. The van der Waals surface area contributed by atoms with Crippen LogP contribution in [0.2, 0.25) is 0 Å². The average Bonchev–Trinajstić information content (AvgIpc) is 2.70. The van der Waals surface area contributed by atoms with E-state index in [0.29, 0.717) is 0 Å². The van der Waals surface area contributed by atoms with Crippen LogP contribution in [0.15, 0.2) is 0 Å². The summed E-state index contributed by atoms with van der Waals surface area (Å²) in [4.78, 5) is 12.0. The SMILES string of the molecule is CC1(NC(=O)C2CCNC2)CCCCC1. The molecular formula is C12H22N2O. The molecule has 1 amide bonds. The van der Waals surface area contributed by atoms with Crippen LogP contribution in [0.25, 0.3) is 0 Å². The highest BCUT2D eigenvalue weighted by molar-refractivity contribution is 5.80. The van der Waals surface area contributed by atoms with E-state index in [1.807, 2.05) is 0 Å². The molecule has 0 aromatic carbocycles. The quantitative estimate of drug-likeness (QED) is 0.724. The smallest absolute Gasteiger partial charge is 0.224 e. The molecule has 0 aromatic heterocycles. The van der Waals surface area contributed by atoms with Crippen molar-refractivity contribution in [1.29, 1.82) is 0 Å². The van der Waals surface area contributed by atoms with E-state index in [9.17, 15) is 4.79 Å². The number of carbonyl (C=O) groups is 1. The Bertz CT molecular complexity index is 228. The summed E-state index contributed by atoms with van der Waals surface area (Å²) in [6.07, 6.45) is 7.16. The second-order valence-corrected chi connectivity index (χ2v) is 5.30. The number of hydrogen-bond acceptors (Lipinski definition) is 2. The summed E-state index contributed by atoms with van der Waals surface area (Å²) in [5, 5.41) is 6.50. The van der Waals surface area contributed by atoms with Gasteiger partial charge in [0.15, 0.2) is 0 Å². The normalized spacial score (nSPS) is 30.1. The van der Waals surface area contributed by atoms with Gasteiger partial charge in [-0.2, -0.15) is 0 Å². The molecule has 1 aliphatic heterocycles. The van der Waals surface area contributed by atoms with Crippen molar-refractivity contribution in [1.82, 2.24) is 10.6 Å². The number of carbonyl (C=O) groups excluding carboxylic acids is 1. The van der Waals surface area contributed by atoms with Gasteiger partial charge in [0.2, 0.25) is 5.91 Å². The fraction of sp³-hybridized carbons (Fsp3) is 0.917. The standard InChI is InChI=1S/C12H22N2O/c1-12(6-3-2-4-7-12)14-11(15)10-5-8-13-9-10/h10,13H,2-9H2,1H3,(H,14,15). The Kier molecular flexibility index (Phi) is 3.29. The molecule has 3 nitrogen and oxygen atoms in total. The van der Waals surface area contributed by atoms with Gasteiger partial charge in [-0.05, 0) is 32.7 Å². The van der Waals surface area contributed by atoms with Crippen molar-refractivity contribution in [3.05, 3.63) is 0 Å². The molecule has 1 saturated carbocycles. The second-order valence-electron chi connectivity index (χ2n) is 5.30. The zero-order chi connectivity index (χ0) is 10.7. The lowest BCUT2D eigenvalue weighted by Crippen LogP contribution is -2.49. The molecule has 0 aromatic rings. The van der Waals surface area contributed by atoms with Crippen molar-refractivity contribution in [2.45, 2.75) is 51.0 Å². The maximum atomic E-state index is 12.0. The van der Waals surface area contributed by atoms with Gasteiger partial charge in [0.1, 0.15) is 0 Å². The topological polar surface area (TPSA) is 41.1 Å². The first-order chi connectivity index (χ1) is 7.20. The summed E-state index contributed by atoms with van der Waals surface area (Å²) in [7, 11) is 0. The van der Waals surface area contributed by atoms with E-state index in [-0.39, 0.29) is 17.4 Å². The van der Waals surface area contributed by atoms with E-state index in [1.165, 1.54) is 19.3 Å². The van der Waals surface area contributed by atoms with Crippen LogP contribution in [0, 0.1) is 5.92 Å². The Morgan fingerprint density at radius 3 is 2.67 bits per heavy atom. The summed E-state index contributed by atoms with van der Waals surface area (Å²) < 4.78 is 0. The fourth-order valence-corrected chi connectivity index (χ4v) is 2.74. The van der Waals surface area contributed by atoms with Crippen molar-refractivity contribution in [3.8, 4) is 0 Å². The van der Waals surface area contributed by atoms with Crippen LogP contribution in [-0.4, -0.2) is 24.5 Å². The van der Waals surface area contributed by atoms with E-state index in [0.717, 1.165) is 32.4 Å². The first-order valence-electron chi connectivity index (χ1n) is 6.22. The molecule has 1 aliphatic carbocycles. The molecule has 1 saturated heterocycles. The second kappa shape index (κ2) is 4.52. The van der Waals surface area contributed by atoms with Crippen LogP contribution < -0.4 is 10.6 Å². The molecule has 86 valence electrons. The van der Waals surface area contributed by atoms with Crippen molar-refractivity contribution in [2.24, 2.45) is 5.92 Å². The molecule has 2 aliphatic rings. The van der Waals surface area contributed by atoms with Crippen LogP contribution in [-0.2, 0) is 4.79 Å². The molecule has 0 radical (unpaired) electrons. The Balaban J connectivity index is 1.86. The number of rotatable bonds is 2. The van der Waals surface area contributed by atoms with Crippen LogP contribution in [0.3, 0.4) is 0 Å². The molecule has 2 fully saturated rings. The van der Waals surface area contributed by atoms with Gasteiger partial charge in [0, 0.05) is 12.1 Å². The minimum atomic E-state index is 0.0813. The molecule has 1 atom stereocenters. The highest BCUT2D eigenvalue weighted by atomic mass is 16.2. The van der Waals surface area contributed by atoms with E-state index in [2.05, 4.69) is 17.6 Å². The highest BCUT2D eigenvalue weighted by Crippen LogP contribution is 2.28. The molecule has 2 N–H and O–H groups in total. The van der Waals surface area contributed by atoms with Gasteiger partial charge in [-0.15, -0.1) is 0 Å². The first-order valence-corrected chi connectivity index (χ1v) is 6.22. The van der Waals surface area contributed by atoms with Crippen LogP contribution in [0.5, 0.6) is 0 Å².